The summed E-state index contributed by atoms with van der Waals surface area (Å²) in [4.78, 5) is 0. The van der Waals surface area contributed by atoms with E-state index in [0.29, 0.717) is 5.57 Å². The molecule has 0 aliphatic carbocycles. The van der Waals surface area contributed by atoms with Crippen LogP contribution in [0.4, 0.5) is 0 Å². The van der Waals surface area contributed by atoms with Gasteiger partial charge in [-0.25, -0.2) is 0 Å². The van der Waals surface area contributed by atoms with Crippen LogP contribution < -0.4 is 0 Å². The Bertz CT molecular complexity index is 562. The first-order valence-electron chi connectivity index (χ1n) is 5.26. The first-order valence-corrected chi connectivity index (χ1v) is 5.26. The van der Waals surface area contributed by atoms with Gasteiger partial charge in [-0.05, 0) is 41.5 Å². The van der Waals surface area contributed by atoms with Crippen LogP contribution in [0.5, 0.6) is 5.75 Å². The van der Waals surface area contributed by atoms with E-state index in [-0.39, 0.29) is 5.75 Å². The number of nitriles is 1. The monoisotopic (exact) mass is 221 g/mol. The number of rotatable bonds is 2. The van der Waals surface area contributed by atoms with Crippen molar-refractivity contribution in [3.05, 3.63) is 65.7 Å². The van der Waals surface area contributed by atoms with E-state index in [4.69, 9.17) is 5.26 Å². The van der Waals surface area contributed by atoms with Gasteiger partial charge >= 0.3 is 0 Å². The minimum Gasteiger partial charge on any atom is -0.508 e. The van der Waals surface area contributed by atoms with Crippen LogP contribution in [0.2, 0.25) is 0 Å². The maximum atomic E-state index is 9.20. The summed E-state index contributed by atoms with van der Waals surface area (Å²) in [5.74, 6) is 0.200. The van der Waals surface area contributed by atoms with E-state index in [1.165, 1.54) is 0 Å². The number of hydrogen-bond donors (Lipinski definition) is 1. The topological polar surface area (TPSA) is 44.0 Å². The van der Waals surface area contributed by atoms with Gasteiger partial charge in [-0.15, -0.1) is 0 Å². The van der Waals surface area contributed by atoms with Crippen LogP contribution in [-0.2, 0) is 0 Å². The summed E-state index contributed by atoms with van der Waals surface area (Å²) < 4.78 is 0. The van der Waals surface area contributed by atoms with Crippen molar-refractivity contribution < 1.29 is 5.11 Å². The molecule has 2 rings (SSSR count). The van der Waals surface area contributed by atoms with E-state index >= 15 is 0 Å². The van der Waals surface area contributed by atoms with Crippen molar-refractivity contribution >= 4 is 11.6 Å². The summed E-state index contributed by atoms with van der Waals surface area (Å²) in [5, 5.41) is 18.3. The Morgan fingerprint density at radius 3 is 2.24 bits per heavy atom. The van der Waals surface area contributed by atoms with E-state index in [0.717, 1.165) is 11.1 Å². The van der Waals surface area contributed by atoms with Crippen LogP contribution in [0, 0.1) is 11.3 Å². The summed E-state index contributed by atoms with van der Waals surface area (Å²) in [7, 11) is 0. The minimum atomic E-state index is 0.200. The lowest BCUT2D eigenvalue weighted by Crippen LogP contribution is -1.81. The Morgan fingerprint density at radius 2 is 1.65 bits per heavy atom. The van der Waals surface area contributed by atoms with E-state index in [2.05, 4.69) is 6.07 Å². The maximum Gasteiger partial charge on any atom is 0.115 e. The van der Waals surface area contributed by atoms with Crippen molar-refractivity contribution in [1.82, 2.24) is 0 Å². The summed E-state index contributed by atoms with van der Waals surface area (Å²) >= 11 is 0. The third-order valence-electron chi connectivity index (χ3n) is 2.41. The molecule has 2 heteroatoms. The zero-order valence-corrected chi connectivity index (χ0v) is 9.17. The Balaban J connectivity index is 2.38. The second kappa shape index (κ2) is 5.00. The molecule has 0 saturated carbocycles. The van der Waals surface area contributed by atoms with Crippen molar-refractivity contribution in [3.63, 3.8) is 0 Å². The first-order chi connectivity index (χ1) is 8.29. The zero-order valence-electron chi connectivity index (χ0n) is 9.17. The van der Waals surface area contributed by atoms with Gasteiger partial charge in [-0.3, -0.25) is 0 Å². The molecule has 0 radical (unpaired) electrons. The van der Waals surface area contributed by atoms with Crippen LogP contribution in [0.25, 0.3) is 11.6 Å². The summed E-state index contributed by atoms with van der Waals surface area (Å²) in [6.45, 7) is 0. The van der Waals surface area contributed by atoms with Gasteiger partial charge in [0.25, 0.3) is 0 Å². The average molecular weight is 221 g/mol. The SMILES string of the molecule is N#C/C(=C/c1ccccc1)c1ccc(O)cc1. The van der Waals surface area contributed by atoms with Crippen LogP contribution in [-0.4, -0.2) is 5.11 Å². The molecule has 0 saturated heterocycles. The third kappa shape index (κ3) is 2.73. The lowest BCUT2D eigenvalue weighted by atomic mass is 10.0. The van der Waals surface area contributed by atoms with Crippen LogP contribution >= 0.6 is 0 Å². The van der Waals surface area contributed by atoms with Crippen LogP contribution in [0.1, 0.15) is 11.1 Å². The second-order valence-corrected chi connectivity index (χ2v) is 3.63. The molecule has 0 atom stereocenters. The standard InChI is InChI=1S/C15H11NO/c16-11-14(10-12-4-2-1-3-5-12)13-6-8-15(17)9-7-13/h1-10,17H/b14-10-. The van der Waals surface area contributed by atoms with Crippen molar-refractivity contribution in [2.75, 3.05) is 0 Å². The molecule has 0 spiro atoms. The molecule has 0 aliphatic heterocycles. The molecule has 0 aromatic heterocycles. The molecule has 2 aromatic rings. The predicted octanol–water partition coefficient (Wildman–Crippen LogP) is 3.46. The van der Waals surface area contributed by atoms with Crippen molar-refractivity contribution in [2.24, 2.45) is 0 Å². The summed E-state index contributed by atoms with van der Waals surface area (Å²) in [5.41, 5.74) is 2.36. The molecule has 0 unspecified atom stereocenters. The van der Waals surface area contributed by atoms with Crippen LogP contribution in [0.15, 0.2) is 54.6 Å². The molecule has 1 N–H and O–H groups in total. The lowest BCUT2D eigenvalue weighted by molar-refractivity contribution is 0.475. The van der Waals surface area contributed by atoms with Gasteiger partial charge in [0.2, 0.25) is 0 Å². The second-order valence-electron chi connectivity index (χ2n) is 3.63. The Labute approximate surface area is 100 Å². The van der Waals surface area contributed by atoms with Gasteiger partial charge < -0.3 is 5.11 Å². The summed E-state index contributed by atoms with van der Waals surface area (Å²) in [6, 6.07) is 18.4. The predicted molar refractivity (Wildman–Crippen MR) is 68.0 cm³/mol. The summed E-state index contributed by atoms with van der Waals surface area (Å²) in [6.07, 6.45) is 1.83. The molecule has 2 nitrogen and oxygen atoms in total. The average Bonchev–Trinajstić information content (AvgIpc) is 2.38. The quantitative estimate of drug-likeness (QED) is 0.623. The molecule has 0 heterocycles. The van der Waals surface area contributed by atoms with Crippen molar-refractivity contribution in [1.29, 1.82) is 5.26 Å². The molecule has 2 aromatic carbocycles. The molecule has 0 fully saturated rings. The van der Waals surface area contributed by atoms with Gasteiger partial charge in [-0.2, -0.15) is 5.26 Å². The molecule has 0 bridgehead atoms. The first kappa shape index (κ1) is 11.0. The molecular formula is C15H11NO. The highest BCUT2D eigenvalue weighted by Gasteiger charge is 2.00. The normalized spacial score (nSPS) is 10.9. The molecule has 0 amide bonds. The van der Waals surface area contributed by atoms with E-state index in [9.17, 15) is 5.11 Å². The number of benzene rings is 2. The molecule has 82 valence electrons. The van der Waals surface area contributed by atoms with E-state index in [1.54, 1.807) is 24.3 Å². The molecular weight excluding hydrogens is 210 g/mol. The number of phenolic OH excluding ortho intramolecular Hbond substituents is 1. The van der Waals surface area contributed by atoms with Gasteiger partial charge in [0.15, 0.2) is 0 Å². The highest BCUT2D eigenvalue weighted by atomic mass is 16.3. The third-order valence-corrected chi connectivity index (χ3v) is 2.41. The minimum absolute atomic E-state index is 0.200. The number of hydrogen-bond acceptors (Lipinski definition) is 2. The van der Waals surface area contributed by atoms with Gasteiger partial charge in [-0.1, -0.05) is 30.3 Å². The molecule has 17 heavy (non-hydrogen) atoms. The largest absolute Gasteiger partial charge is 0.508 e. The number of allylic oxidation sites excluding steroid dienone is 1. The smallest absolute Gasteiger partial charge is 0.115 e. The van der Waals surface area contributed by atoms with Crippen LogP contribution in [0.3, 0.4) is 0 Å². The van der Waals surface area contributed by atoms with Gasteiger partial charge in [0.1, 0.15) is 5.75 Å². The Morgan fingerprint density at radius 1 is 1.00 bits per heavy atom. The fourth-order valence-corrected chi connectivity index (χ4v) is 1.54. The Kier molecular flexibility index (Phi) is 3.23. The number of aromatic hydroxyl groups is 1. The lowest BCUT2D eigenvalue weighted by Gasteiger charge is -2.00. The Hall–Kier alpha value is -2.53. The fraction of sp³-hybridized carbons (Fsp3) is 0. The highest BCUT2D eigenvalue weighted by Crippen LogP contribution is 2.19. The van der Waals surface area contributed by atoms with E-state index < -0.39 is 0 Å². The van der Waals surface area contributed by atoms with E-state index in [1.807, 2.05) is 36.4 Å². The van der Waals surface area contributed by atoms with Gasteiger partial charge in [0, 0.05) is 0 Å². The fourth-order valence-electron chi connectivity index (χ4n) is 1.54. The highest BCUT2D eigenvalue weighted by molar-refractivity contribution is 5.89. The maximum absolute atomic E-state index is 9.20. The molecule has 0 aliphatic rings. The number of phenols is 1. The van der Waals surface area contributed by atoms with Gasteiger partial charge in [0.05, 0.1) is 11.6 Å². The van der Waals surface area contributed by atoms with Crippen molar-refractivity contribution in [3.8, 4) is 11.8 Å². The number of nitrogens with zero attached hydrogens (tertiary/aromatic N) is 1. The zero-order chi connectivity index (χ0) is 12.1. The van der Waals surface area contributed by atoms with Crippen molar-refractivity contribution in [2.45, 2.75) is 0 Å².